The number of methoxy groups -OCH3 is 1. The highest BCUT2D eigenvalue weighted by molar-refractivity contribution is 6.26. The maximum Gasteiger partial charge on any atom is 0.263 e. The fourth-order valence-corrected chi connectivity index (χ4v) is 3.07. The minimum atomic E-state index is -0.819. The van der Waals surface area contributed by atoms with Crippen LogP contribution in [0.5, 0.6) is 5.75 Å². The molecule has 2 aliphatic heterocycles. The first-order valence-electron chi connectivity index (χ1n) is 7.88. The summed E-state index contributed by atoms with van der Waals surface area (Å²) >= 11 is 0. The highest BCUT2D eigenvalue weighted by Crippen LogP contribution is 2.35. The Morgan fingerprint density at radius 3 is 2.48 bits per heavy atom. The summed E-state index contributed by atoms with van der Waals surface area (Å²) in [6.45, 7) is 1.95. The van der Waals surface area contributed by atoms with Crippen molar-refractivity contribution < 1.29 is 14.3 Å². The van der Waals surface area contributed by atoms with Crippen LogP contribution in [0.25, 0.3) is 0 Å². The molecule has 0 aromatic heterocycles. The Morgan fingerprint density at radius 1 is 1.00 bits per heavy atom. The number of rotatable bonds is 3. The van der Waals surface area contributed by atoms with Gasteiger partial charge in [-0.2, -0.15) is 5.11 Å². The van der Waals surface area contributed by atoms with Crippen molar-refractivity contribution in [3.05, 3.63) is 54.1 Å². The van der Waals surface area contributed by atoms with Crippen LogP contribution in [-0.2, 0) is 9.59 Å². The molecule has 2 atom stereocenters. The van der Waals surface area contributed by atoms with E-state index in [2.05, 4.69) is 10.3 Å². The second-order valence-electron chi connectivity index (χ2n) is 5.99. The molecule has 2 aromatic carbocycles. The molecule has 0 spiro atoms. The summed E-state index contributed by atoms with van der Waals surface area (Å²) in [5.41, 5.74) is 2.26. The lowest BCUT2D eigenvalue weighted by atomic mass is 10.1. The van der Waals surface area contributed by atoms with E-state index in [0.29, 0.717) is 17.1 Å². The number of nitrogens with zero attached hydrogens (tertiary/aromatic N) is 4. The fourth-order valence-electron chi connectivity index (χ4n) is 3.07. The van der Waals surface area contributed by atoms with Crippen molar-refractivity contribution in [3.8, 4) is 5.75 Å². The summed E-state index contributed by atoms with van der Waals surface area (Å²) in [6, 6.07) is 12.8. The first kappa shape index (κ1) is 15.3. The van der Waals surface area contributed by atoms with E-state index in [1.54, 1.807) is 43.5 Å². The number of benzene rings is 2. The number of hydrogen-bond acceptors (Lipinski definition) is 6. The third kappa shape index (κ3) is 2.36. The topological polar surface area (TPSA) is 74.6 Å². The van der Waals surface area contributed by atoms with Crippen LogP contribution in [0.4, 0.5) is 11.4 Å². The Bertz CT molecular complexity index is 878. The summed E-state index contributed by atoms with van der Waals surface area (Å²) in [5, 5.41) is 9.56. The summed E-state index contributed by atoms with van der Waals surface area (Å²) in [6.07, 6.45) is 0. The van der Waals surface area contributed by atoms with E-state index in [1.807, 2.05) is 19.1 Å². The van der Waals surface area contributed by atoms with Crippen LogP contribution in [0.3, 0.4) is 0 Å². The van der Waals surface area contributed by atoms with Gasteiger partial charge in [0.15, 0.2) is 12.1 Å². The van der Waals surface area contributed by atoms with Gasteiger partial charge in [0.05, 0.1) is 18.5 Å². The van der Waals surface area contributed by atoms with Gasteiger partial charge in [-0.3, -0.25) is 9.59 Å². The molecule has 0 saturated carbocycles. The lowest BCUT2D eigenvalue weighted by molar-refractivity contribution is -0.121. The number of amides is 2. The molecule has 4 rings (SSSR count). The number of anilines is 2. The Balaban J connectivity index is 1.69. The van der Waals surface area contributed by atoms with Crippen molar-refractivity contribution in [1.82, 2.24) is 0 Å². The van der Waals surface area contributed by atoms with Crippen molar-refractivity contribution in [3.63, 3.8) is 0 Å². The van der Waals surface area contributed by atoms with Gasteiger partial charge in [-0.1, -0.05) is 29.0 Å². The third-order valence-electron chi connectivity index (χ3n) is 4.39. The van der Waals surface area contributed by atoms with E-state index < -0.39 is 12.1 Å². The molecular formula is C18H16N4O3. The van der Waals surface area contributed by atoms with Crippen LogP contribution in [0.2, 0.25) is 0 Å². The molecule has 2 aliphatic rings. The molecule has 126 valence electrons. The van der Waals surface area contributed by atoms with Crippen LogP contribution in [0, 0.1) is 6.92 Å². The molecule has 2 heterocycles. The zero-order valence-electron chi connectivity index (χ0n) is 13.8. The Morgan fingerprint density at radius 2 is 1.76 bits per heavy atom. The van der Waals surface area contributed by atoms with Gasteiger partial charge in [-0.25, -0.2) is 9.91 Å². The van der Waals surface area contributed by atoms with Crippen LogP contribution >= 0.6 is 0 Å². The molecule has 7 heteroatoms. The standard InChI is InChI=1S/C18H16N4O3/c1-11-6-8-12(9-7-11)21-17(23)15-16(18(21)24)22(20-19-15)13-4-3-5-14(10-13)25-2/h3-10,15-16H,1-2H3/t15-,16-/m1/s1. The SMILES string of the molecule is COc1cccc(N2N=N[C@H]3C(=O)N(c4ccc(C)cc4)C(=O)[C@@H]32)c1. The van der Waals surface area contributed by atoms with Crippen molar-refractivity contribution >= 4 is 23.2 Å². The minimum Gasteiger partial charge on any atom is -0.497 e. The average molecular weight is 336 g/mol. The molecule has 7 nitrogen and oxygen atoms in total. The van der Waals surface area contributed by atoms with E-state index in [9.17, 15) is 9.59 Å². The summed E-state index contributed by atoms with van der Waals surface area (Å²) in [4.78, 5) is 26.8. The van der Waals surface area contributed by atoms with Crippen LogP contribution < -0.4 is 14.6 Å². The smallest absolute Gasteiger partial charge is 0.263 e. The van der Waals surface area contributed by atoms with Gasteiger partial charge in [0.2, 0.25) is 0 Å². The summed E-state index contributed by atoms with van der Waals surface area (Å²) in [5.74, 6) is -0.0389. The number of imide groups is 1. The van der Waals surface area contributed by atoms with Gasteiger partial charge in [0, 0.05) is 6.07 Å². The average Bonchev–Trinajstić information content (AvgIpc) is 3.17. The van der Waals surface area contributed by atoms with E-state index >= 15 is 0 Å². The first-order valence-corrected chi connectivity index (χ1v) is 7.88. The number of carbonyl (C=O) groups excluding carboxylic acids is 2. The molecule has 0 aliphatic carbocycles. The molecule has 1 saturated heterocycles. The number of hydrogen-bond donors (Lipinski definition) is 0. The predicted molar refractivity (Wildman–Crippen MR) is 91.6 cm³/mol. The van der Waals surface area contributed by atoms with Crippen molar-refractivity contribution in [2.24, 2.45) is 10.3 Å². The molecule has 2 amide bonds. The number of carbonyl (C=O) groups is 2. The Labute approximate surface area is 144 Å². The Hall–Kier alpha value is -3.22. The Kier molecular flexibility index (Phi) is 3.49. The third-order valence-corrected chi connectivity index (χ3v) is 4.39. The lowest BCUT2D eigenvalue weighted by Gasteiger charge is -2.21. The molecular weight excluding hydrogens is 320 g/mol. The molecule has 25 heavy (non-hydrogen) atoms. The maximum atomic E-state index is 12.9. The van der Waals surface area contributed by atoms with Crippen LogP contribution in [0.15, 0.2) is 58.9 Å². The van der Waals surface area contributed by atoms with Gasteiger partial charge in [-0.15, -0.1) is 0 Å². The number of aryl methyl sites for hydroxylation is 1. The highest BCUT2D eigenvalue weighted by Gasteiger charge is 2.55. The normalized spacial score (nSPS) is 21.8. The summed E-state index contributed by atoms with van der Waals surface area (Å²) in [7, 11) is 1.57. The zero-order chi connectivity index (χ0) is 17.6. The van der Waals surface area contributed by atoms with Crippen LogP contribution in [0.1, 0.15) is 5.56 Å². The lowest BCUT2D eigenvalue weighted by Crippen LogP contribution is -2.39. The summed E-state index contributed by atoms with van der Waals surface area (Å²) < 4.78 is 5.21. The quantitative estimate of drug-likeness (QED) is 0.807. The van der Waals surface area contributed by atoms with Crippen molar-refractivity contribution in [2.75, 3.05) is 17.0 Å². The van der Waals surface area contributed by atoms with E-state index in [0.717, 1.165) is 5.56 Å². The molecule has 2 aromatic rings. The van der Waals surface area contributed by atoms with Gasteiger partial charge in [0.1, 0.15) is 5.75 Å². The largest absolute Gasteiger partial charge is 0.497 e. The zero-order valence-corrected chi connectivity index (χ0v) is 13.8. The van der Waals surface area contributed by atoms with E-state index in [4.69, 9.17) is 4.74 Å². The molecule has 1 fully saturated rings. The molecule has 0 bridgehead atoms. The van der Waals surface area contributed by atoms with Crippen LogP contribution in [-0.4, -0.2) is 31.0 Å². The molecule has 0 N–H and O–H groups in total. The molecule has 0 radical (unpaired) electrons. The van der Waals surface area contributed by atoms with Gasteiger partial charge in [-0.05, 0) is 31.2 Å². The molecule has 0 unspecified atom stereocenters. The van der Waals surface area contributed by atoms with E-state index in [-0.39, 0.29) is 11.8 Å². The van der Waals surface area contributed by atoms with Crippen molar-refractivity contribution in [2.45, 2.75) is 19.0 Å². The highest BCUT2D eigenvalue weighted by atomic mass is 16.5. The second kappa shape index (κ2) is 5.70. The fraction of sp³-hybridized carbons (Fsp3) is 0.222. The predicted octanol–water partition coefficient (Wildman–Crippen LogP) is 2.50. The van der Waals surface area contributed by atoms with Gasteiger partial charge < -0.3 is 4.74 Å². The number of fused-ring (bicyclic) bond motifs is 1. The monoisotopic (exact) mass is 336 g/mol. The van der Waals surface area contributed by atoms with Gasteiger partial charge in [0.25, 0.3) is 11.8 Å². The minimum absolute atomic E-state index is 0.327. The first-order chi connectivity index (χ1) is 12.1. The van der Waals surface area contributed by atoms with Gasteiger partial charge >= 0.3 is 0 Å². The van der Waals surface area contributed by atoms with E-state index in [1.165, 1.54) is 9.91 Å². The van der Waals surface area contributed by atoms with Crippen molar-refractivity contribution in [1.29, 1.82) is 0 Å². The second-order valence-corrected chi connectivity index (χ2v) is 5.99. The number of ether oxygens (including phenoxy) is 1. The maximum absolute atomic E-state index is 12.9.